The normalized spacial score (nSPS) is 11.3. The van der Waals surface area contributed by atoms with E-state index in [-0.39, 0.29) is 30.9 Å². The number of hydrogen-bond donors (Lipinski definition) is 4. The molecule has 0 aliphatic carbocycles. The molecule has 0 bridgehead atoms. The van der Waals surface area contributed by atoms with Crippen molar-refractivity contribution in [3.05, 3.63) is 118 Å². The van der Waals surface area contributed by atoms with Crippen molar-refractivity contribution < 1.29 is 31.5 Å². The summed E-state index contributed by atoms with van der Waals surface area (Å²) in [5, 5.41) is 15.3. The molecule has 3 aromatic carbocycles. The van der Waals surface area contributed by atoms with Gasteiger partial charge in [0.15, 0.2) is 5.13 Å². The average Bonchev–Trinajstić information content (AvgIpc) is 3.78. The number of amides is 1. The van der Waals surface area contributed by atoms with Gasteiger partial charge >= 0.3 is 5.97 Å². The van der Waals surface area contributed by atoms with E-state index < -0.39 is 31.9 Å². The number of sulfonamides is 2. The Labute approximate surface area is 270 Å². The number of thiazole rings is 1. The third-order valence-corrected chi connectivity index (χ3v) is 11.4. The molecule has 0 unspecified atom stereocenters. The first-order valence-electron chi connectivity index (χ1n) is 12.7. The Balaban J connectivity index is 0.000000194. The van der Waals surface area contributed by atoms with Crippen LogP contribution in [0.4, 0.5) is 16.5 Å². The maximum Gasteiger partial charge on any atom is 0.348 e. The third-order valence-electron chi connectivity index (χ3n) is 5.84. The van der Waals surface area contributed by atoms with Crippen molar-refractivity contribution in [1.82, 2.24) is 4.98 Å². The SMILES string of the molecule is O=C(Nc1nc2ccccc2s1)c1sccc1NS(=O)(=O)c1ccccc1.O=C(O)c1sccc1NS(=O)(=O)c1ccccc1. The van der Waals surface area contributed by atoms with Gasteiger partial charge < -0.3 is 5.11 Å². The molecule has 1 amide bonds. The number of para-hydroxylation sites is 1. The van der Waals surface area contributed by atoms with E-state index in [1.54, 1.807) is 47.8 Å². The molecule has 0 aliphatic heterocycles. The van der Waals surface area contributed by atoms with Gasteiger partial charge in [-0.1, -0.05) is 59.9 Å². The molecular weight excluding hydrogens is 677 g/mol. The van der Waals surface area contributed by atoms with Gasteiger partial charge in [0.25, 0.3) is 26.0 Å². The lowest BCUT2D eigenvalue weighted by atomic mass is 10.3. The number of fused-ring (bicyclic) bond motifs is 1. The molecule has 6 rings (SSSR count). The van der Waals surface area contributed by atoms with Gasteiger partial charge in [0.05, 0.1) is 31.4 Å². The van der Waals surface area contributed by atoms with Crippen LogP contribution in [0, 0.1) is 0 Å². The second-order valence-electron chi connectivity index (χ2n) is 8.91. The fourth-order valence-corrected chi connectivity index (χ4v) is 8.41. The average molecular weight is 699 g/mol. The van der Waals surface area contributed by atoms with Gasteiger partial charge in [-0.05, 0) is 59.3 Å². The van der Waals surface area contributed by atoms with E-state index in [1.165, 1.54) is 47.0 Å². The lowest BCUT2D eigenvalue weighted by molar-refractivity contribution is 0.0703. The standard InChI is InChI=1S/C18H13N3O3S3.C11H9NO4S2/c22-17(20-18-19-13-8-4-5-9-15(13)26-18)16-14(10-11-25-16)21-27(23,24)12-6-2-1-3-7-12;13-11(14)10-9(6-7-17-10)12-18(15,16)8-4-2-1-3-5-8/h1-11,21H,(H,19,20,22);1-7,12H,(H,13,14). The number of carbonyl (C=O) groups is 2. The van der Waals surface area contributed by atoms with Crippen molar-refractivity contribution in [2.24, 2.45) is 0 Å². The van der Waals surface area contributed by atoms with Crippen LogP contribution < -0.4 is 14.8 Å². The molecule has 0 saturated heterocycles. The fraction of sp³-hybridized carbons (Fsp3) is 0. The molecule has 0 spiro atoms. The highest BCUT2D eigenvalue weighted by Crippen LogP contribution is 2.29. The number of benzene rings is 3. The van der Waals surface area contributed by atoms with Crippen LogP contribution in [0.5, 0.6) is 0 Å². The Hall–Kier alpha value is -4.61. The number of hydrogen-bond acceptors (Lipinski definition) is 10. The topological polar surface area (TPSA) is 172 Å². The number of aromatic nitrogens is 1. The number of nitrogens with zero attached hydrogens (tertiary/aromatic N) is 1. The molecular formula is C29H22N4O7S5. The second-order valence-corrected chi connectivity index (χ2v) is 15.1. The summed E-state index contributed by atoms with van der Waals surface area (Å²) in [4.78, 5) is 28.3. The zero-order valence-corrected chi connectivity index (χ0v) is 26.9. The largest absolute Gasteiger partial charge is 0.477 e. The van der Waals surface area contributed by atoms with Gasteiger partial charge in [0, 0.05) is 0 Å². The Bertz CT molecular complexity index is 2140. The Kier molecular flexibility index (Phi) is 9.60. The zero-order valence-electron chi connectivity index (χ0n) is 22.8. The van der Waals surface area contributed by atoms with E-state index in [2.05, 4.69) is 19.7 Å². The maximum atomic E-state index is 12.6. The number of carbonyl (C=O) groups excluding carboxylic acids is 1. The van der Waals surface area contributed by atoms with Gasteiger partial charge in [-0.15, -0.1) is 22.7 Å². The van der Waals surface area contributed by atoms with Crippen molar-refractivity contribution in [3.63, 3.8) is 0 Å². The van der Waals surface area contributed by atoms with Crippen molar-refractivity contribution >= 4 is 92.7 Å². The highest BCUT2D eigenvalue weighted by atomic mass is 32.2. The fourth-order valence-electron chi connectivity index (χ4n) is 3.81. The number of rotatable bonds is 9. The molecule has 3 aromatic heterocycles. The minimum Gasteiger partial charge on any atom is -0.477 e. The molecule has 0 atom stereocenters. The van der Waals surface area contributed by atoms with Crippen molar-refractivity contribution in [3.8, 4) is 0 Å². The summed E-state index contributed by atoms with van der Waals surface area (Å²) in [6.45, 7) is 0. The van der Waals surface area contributed by atoms with Crippen LogP contribution in [0.25, 0.3) is 10.2 Å². The van der Waals surface area contributed by atoms with Crippen molar-refractivity contribution in [1.29, 1.82) is 0 Å². The summed E-state index contributed by atoms with van der Waals surface area (Å²) in [7, 11) is -7.51. The van der Waals surface area contributed by atoms with Gasteiger partial charge in [-0.2, -0.15) is 0 Å². The van der Waals surface area contributed by atoms with E-state index in [4.69, 9.17) is 5.11 Å². The summed E-state index contributed by atoms with van der Waals surface area (Å²) in [6, 6.07) is 26.4. The van der Waals surface area contributed by atoms with E-state index in [0.29, 0.717) is 5.13 Å². The van der Waals surface area contributed by atoms with Gasteiger partial charge in [-0.25, -0.2) is 26.6 Å². The third kappa shape index (κ3) is 7.73. The highest BCUT2D eigenvalue weighted by molar-refractivity contribution is 7.93. The van der Waals surface area contributed by atoms with E-state index in [1.807, 2.05) is 24.3 Å². The Morgan fingerprint density at radius 1 is 0.644 bits per heavy atom. The second kappa shape index (κ2) is 13.6. The molecule has 11 nitrogen and oxygen atoms in total. The predicted molar refractivity (Wildman–Crippen MR) is 178 cm³/mol. The summed E-state index contributed by atoms with van der Waals surface area (Å²) in [5.41, 5.74) is 1.12. The van der Waals surface area contributed by atoms with Crippen LogP contribution >= 0.6 is 34.0 Å². The number of carboxylic acids is 1. The molecule has 0 aliphatic rings. The van der Waals surface area contributed by atoms with E-state index in [9.17, 15) is 26.4 Å². The molecule has 0 radical (unpaired) electrons. The molecule has 3 heterocycles. The molecule has 45 heavy (non-hydrogen) atoms. The number of anilines is 3. The Morgan fingerprint density at radius 2 is 1.13 bits per heavy atom. The minimum atomic E-state index is -3.77. The lowest BCUT2D eigenvalue weighted by Gasteiger charge is -2.08. The zero-order chi connectivity index (χ0) is 32.0. The van der Waals surface area contributed by atoms with Crippen molar-refractivity contribution in [2.45, 2.75) is 9.79 Å². The molecule has 0 saturated carbocycles. The number of carboxylic acid groups (broad SMARTS) is 1. The molecule has 6 aromatic rings. The number of nitrogens with one attached hydrogen (secondary N) is 3. The van der Waals surface area contributed by atoms with Crippen LogP contribution in [0.15, 0.2) is 118 Å². The summed E-state index contributed by atoms with van der Waals surface area (Å²) in [6.07, 6.45) is 0. The summed E-state index contributed by atoms with van der Waals surface area (Å²) >= 11 is 3.49. The van der Waals surface area contributed by atoms with Gasteiger partial charge in [0.2, 0.25) is 0 Å². The van der Waals surface area contributed by atoms with Gasteiger partial charge in [0.1, 0.15) is 9.75 Å². The smallest absolute Gasteiger partial charge is 0.348 e. The van der Waals surface area contributed by atoms with Crippen LogP contribution in [-0.4, -0.2) is 38.8 Å². The van der Waals surface area contributed by atoms with Crippen LogP contribution in [0.2, 0.25) is 0 Å². The maximum absolute atomic E-state index is 12.6. The van der Waals surface area contributed by atoms with Crippen LogP contribution in [0.1, 0.15) is 19.3 Å². The first-order chi connectivity index (χ1) is 21.5. The van der Waals surface area contributed by atoms with Crippen LogP contribution in [-0.2, 0) is 20.0 Å². The lowest BCUT2D eigenvalue weighted by Crippen LogP contribution is -2.16. The van der Waals surface area contributed by atoms with Gasteiger partial charge in [-0.3, -0.25) is 19.6 Å². The molecule has 230 valence electrons. The first-order valence-corrected chi connectivity index (χ1v) is 18.3. The monoisotopic (exact) mass is 698 g/mol. The highest BCUT2D eigenvalue weighted by Gasteiger charge is 2.21. The number of thiophene rings is 2. The Morgan fingerprint density at radius 3 is 1.67 bits per heavy atom. The van der Waals surface area contributed by atoms with E-state index >= 15 is 0 Å². The predicted octanol–water partition coefficient (Wildman–Crippen LogP) is 6.66. The first kappa shape index (κ1) is 31.8. The minimum absolute atomic E-state index is 0.0329. The summed E-state index contributed by atoms with van der Waals surface area (Å²) < 4.78 is 54.7. The molecule has 0 fully saturated rings. The molecule has 4 N–H and O–H groups in total. The quantitative estimate of drug-likeness (QED) is 0.130. The van der Waals surface area contributed by atoms with Crippen molar-refractivity contribution in [2.75, 3.05) is 14.8 Å². The van der Waals surface area contributed by atoms with Crippen LogP contribution in [0.3, 0.4) is 0 Å². The molecule has 16 heteroatoms. The number of aromatic carboxylic acids is 1. The van der Waals surface area contributed by atoms with E-state index in [0.717, 1.165) is 32.9 Å². The summed E-state index contributed by atoms with van der Waals surface area (Å²) in [5.74, 6) is -1.56.